The molecule has 0 heterocycles. The van der Waals surface area contributed by atoms with E-state index in [-0.39, 0.29) is 5.41 Å². The van der Waals surface area contributed by atoms with E-state index in [1.54, 1.807) is 0 Å². The van der Waals surface area contributed by atoms with Crippen molar-refractivity contribution in [2.45, 2.75) is 71.8 Å². The van der Waals surface area contributed by atoms with Crippen LogP contribution in [0.3, 0.4) is 0 Å². The van der Waals surface area contributed by atoms with Crippen molar-refractivity contribution in [3.8, 4) is 0 Å². The lowest BCUT2D eigenvalue weighted by Gasteiger charge is -2.19. The van der Waals surface area contributed by atoms with Gasteiger partial charge in [0.25, 0.3) is 0 Å². The molecule has 0 unspecified atom stereocenters. The minimum Gasteiger partial charge on any atom is -0.311 e. The quantitative estimate of drug-likeness (QED) is 0.358. The highest BCUT2D eigenvalue weighted by Gasteiger charge is 2.13. The van der Waals surface area contributed by atoms with Gasteiger partial charge in [0.15, 0.2) is 0 Å². The first-order valence-corrected chi connectivity index (χ1v) is 10.9. The Balaban J connectivity index is 1.98. The van der Waals surface area contributed by atoms with Crippen LogP contribution in [0, 0.1) is 0 Å². The fourth-order valence-electron chi connectivity index (χ4n) is 3.23. The van der Waals surface area contributed by atoms with Gasteiger partial charge >= 0.3 is 0 Å². The third kappa shape index (κ3) is 8.39. The van der Waals surface area contributed by atoms with E-state index >= 15 is 0 Å². The maximum absolute atomic E-state index is 4.95. The summed E-state index contributed by atoms with van der Waals surface area (Å²) in [7, 11) is 0. The summed E-state index contributed by atoms with van der Waals surface area (Å²) in [5.41, 5.74) is 5.43. The average Bonchev–Trinajstić information content (AvgIpc) is 2.69. The molecule has 0 saturated carbocycles. The van der Waals surface area contributed by atoms with Gasteiger partial charge in [-0.2, -0.15) is 0 Å². The van der Waals surface area contributed by atoms with Gasteiger partial charge in [0.1, 0.15) is 0 Å². The maximum Gasteiger partial charge on any atom is 0.0639 e. The van der Waals surface area contributed by atoms with E-state index in [0.717, 1.165) is 26.1 Å². The Morgan fingerprint density at radius 3 is 2.21 bits per heavy atom. The highest BCUT2D eigenvalue weighted by Crippen LogP contribution is 2.22. The number of nitrogens with zero attached hydrogens (tertiary/aromatic N) is 1. The van der Waals surface area contributed by atoms with Gasteiger partial charge in [-0.1, -0.05) is 102 Å². The first kappa shape index (κ1) is 22.4. The average molecular weight is 379 g/mol. The minimum absolute atomic E-state index is 0.197. The number of hydrogen-bond acceptors (Lipinski definition) is 2. The summed E-state index contributed by atoms with van der Waals surface area (Å²) in [6, 6.07) is 19.6. The molecule has 0 fully saturated rings. The molecule has 0 radical (unpaired) electrons. The molecule has 2 aromatic carbocycles. The molecule has 2 rings (SSSR count). The summed E-state index contributed by atoms with van der Waals surface area (Å²) in [6.45, 7) is 11.7. The molecule has 0 bridgehead atoms. The second-order valence-electron chi connectivity index (χ2n) is 8.73. The third-order valence-corrected chi connectivity index (χ3v) is 5.09. The van der Waals surface area contributed by atoms with Crippen molar-refractivity contribution >= 4 is 5.71 Å². The SMILES string of the molecule is CCCCCCNCC(Cc1ccc(C(C)(C)C)cc1)=NCc1ccccc1. The molecule has 0 aliphatic rings. The fourth-order valence-corrected chi connectivity index (χ4v) is 3.23. The fraction of sp³-hybridized carbons (Fsp3) is 0.500. The van der Waals surface area contributed by atoms with Crippen LogP contribution in [0.15, 0.2) is 59.6 Å². The molecule has 2 nitrogen and oxygen atoms in total. The molecule has 0 aromatic heterocycles. The predicted molar refractivity (Wildman–Crippen MR) is 123 cm³/mol. The molecule has 152 valence electrons. The van der Waals surface area contributed by atoms with Gasteiger partial charge in [-0.3, -0.25) is 4.99 Å². The molecule has 28 heavy (non-hydrogen) atoms. The van der Waals surface area contributed by atoms with E-state index in [4.69, 9.17) is 4.99 Å². The lowest BCUT2D eigenvalue weighted by Crippen LogP contribution is -2.25. The molecule has 0 spiro atoms. The molecular weight excluding hydrogens is 340 g/mol. The number of unbranched alkanes of at least 4 members (excludes halogenated alkanes) is 3. The Kier molecular flexibility index (Phi) is 9.43. The number of aliphatic imine (C=N–C) groups is 1. The van der Waals surface area contributed by atoms with E-state index in [9.17, 15) is 0 Å². The summed E-state index contributed by atoms with van der Waals surface area (Å²) in [6.07, 6.45) is 6.10. The minimum atomic E-state index is 0.197. The van der Waals surface area contributed by atoms with Gasteiger partial charge in [0, 0.05) is 18.7 Å². The maximum atomic E-state index is 4.95. The lowest BCUT2D eigenvalue weighted by molar-refractivity contribution is 0.590. The van der Waals surface area contributed by atoms with Crippen LogP contribution in [0.2, 0.25) is 0 Å². The van der Waals surface area contributed by atoms with Crippen LogP contribution >= 0.6 is 0 Å². The zero-order valence-electron chi connectivity index (χ0n) is 18.3. The van der Waals surface area contributed by atoms with Gasteiger partial charge in [-0.25, -0.2) is 0 Å². The lowest BCUT2D eigenvalue weighted by atomic mass is 9.86. The Morgan fingerprint density at radius 2 is 1.57 bits per heavy atom. The Hall–Kier alpha value is -1.93. The smallest absolute Gasteiger partial charge is 0.0639 e. The monoisotopic (exact) mass is 378 g/mol. The van der Waals surface area contributed by atoms with E-state index in [1.165, 1.54) is 48.1 Å². The number of benzene rings is 2. The van der Waals surface area contributed by atoms with Crippen LogP contribution in [0.4, 0.5) is 0 Å². The predicted octanol–water partition coefficient (Wildman–Crippen LogP) is 6.34. The summed E-state index contributed by atoms with van der Waals surface area (Å²) in [4.78, 5) is 4.95. The standard InChI is InChI=1S/C26H38N2/c1-5-6-7-11-18-27-21-25(28-20-23-12-9-8-10-13-23)19-22-14-16-24(17-15-22)26(2,3)4/h8-10,12-17,27H,5-7,11,18-21H2,1-4H3. The van der Waals surface area contributed by atoms with E-state index in [2.05, 4.69) is 87.6 Å². The molecule has 2 heteroatoms. The third-order valence-electron chi connectivity index (χ3n) is 5.09. The summed E-state index contributed by atoms with van der Waals surface area (Å²) in [5.74, 6) is 0. The normalized spacial score (nSPS) is 12.4. The van der Waals surface area contributed by atoms with Crippen molar-refractivity contribution < 1.29 is 0 Å². The van der Waals surface area contributed by atoms with Gasteiger partial charge < -0.3 is 5.32 Å². The summed E-state index contributed by atoms with van der Waals surface area (Å²) in [5, 5.41) is 3.61. The van der Waals surface area contributed by atoms with Crippen LogP contribution in [0.25, 0.3) is 0 Å². The zero-order chi connectivity index (χ0) is 20.2. The van der Waals surface area contributed by atoms with Crippen molar-refractivity contribution in [2.24, 2.45) is 4.99 Å². The number of rotatable bonds is 11. The van der Waals surface area contributed by atoms with Crippen LogP contribution in [-0.4, -0.2) is 18.8 Å². The van der Waals surface area contributed by atoms with Crippen molar-refractivity contribution in [1.29, 1.82) is 0 Å². The second kappa shape index (κ2) is 11.8. The molecule has 0 saturated heterocycles. The van der Waals surface area contributed by atoms with Crippen LogP contribution in [-0.2, 0) is 18.4 Å². The van der Waals surface area contributed by atoms with Gasteiger partial charge in [0.05, 0.1) is 6.54 Å². The van der Waals surface area contributed by atoms with Crippen molar-refractivity contribution in [1.82, 2.24) is 5.32 Å². The van der Waals surface area contributed by atoms with Gasteiger partial charge in [-0.15, -0.1) is 0 Å². The molecule has 1 N–H and O–H groups in total. The number of nitrogens with one attached hydrogen (secondary N) is 1. The summed E-state index contributed by atoms with van der Waals surface area (Å²) < 4.78 is 0. The largest absolute Gasteiger partial charge is 0.311 e. The van der Waals surface area contributed by atoms with Crippen molar-refractivity contribution in [2.75, 3.05) is 13.1 Å². The van der Waals surface area contributed by atoms with Crippen LogP contribution in [0.1, 0.15) is 70.1 Å². The molecular formula is C26H38N2. The molecule has 0 aliphatic heterocycles. The highest BCUT2D eigenvalue weighted by molar-refractivity contribution is 5.88. The summed E-state index contributed by atoms with van der Waals surface area (Å²) >= 11 is 0. The topological polar surface area (TPSA) is 24.4 Å². The van der Waals surface area contributed by atoms with Crippen LogP contribution in [0.5, 0.6) is 0 Å². The zero-order valence-corrected chi connectivity index (χ0v) is 18.3. The Morgan fingerprint density at radius 1 is 0.857 bits per heavy atom. The van der Waals surface area contributed by atoms with E-state index in [1.807, 2.05) is 0 Å². The Labute approximate surface area is 172 Å². The van der Waals surface area contributed by atoms with Crippen molar-refractivity contribution in [3.63, 3.8) is 0 Å². The van der Waals surface area contributed by atoms with Crippen LogP contribution < -0.4 is 5.32 Å². The molecule has 2 aromatic rings. The highest BCUT2D eigenvalue weighted by atomic mass is 14.9. The first-order valence-electron chi connectivity index (χ1n) is 10.9. The molecule has 0 atom stereocenters. The number of hydrogen-bond donors (Lipinski definition) is 1. The molecule has 0 amide bonds. The van der Waals surface area contributed by atoms with Gasteiger partial charge in [0.2, 0.25) is 0 Å². The Bertz CT molecular complexity index is 693. The van der Waals surface area contributed by atoms with Gasteiger partial charge in [-0.05, 0) is 35.1 Å². The molecule has 0 aliphatic carbocycles. The van der Waals surface area contributed by atoms with E-state index in [0.29, 0.717) is 0 Å². The second-order valence-corrected chi connectivity index (χ2v) is 8.73. The van der Waals surface area contributed by atoms with Crippen molar-refractivity contribution in [3.05, 3.63) is 71.3 Å². The first-order chi connectivity index (χ1) is 13.5. The van der Waals surface area contributed by atoms with E-state index < -0.39 is 0 Å².